The third kappa shape index (κ3) is 1.98. The van der Waals surface area contributed by atoms with Gasteiger partial charge in [-0.25, -0.2) is 4.39 Å². The Hall–Kier alpha value is -2.06. The standard InChI is InChI=1S/C15H12FNO5S/c16-9-1-3-10(4-2-9)23(20,21)22-15-6-5-8(7-15)11-12(15)14(19)17-13(11)18/h1-6,8,11-12H,7H2,(H,17,18,19). The van der Waals surface area contributed by atoms with E-state index in [1.807, 2.05) is 0 Å². The van der Waals surface area contributed by atoms with E-state index in [-0.39, 0.29) is 23.1 Å². The monoisotopic (exact) mass is 337 g/mol. The molecule has 8 heteroatoms. The van der Waals surface area contributed by atoms with Crippen LogP contribution in [0.1, 0.15) is 6.42 Å². The number of nitrogens with one attached hydrogen (secondary N) is 1. The third-order valence-corrected chi connectivity index (χ3v) is 6.11. The van der Waals surface area contributed by atoms with Gasteiger partial charge in [0.1, 0.15) is 11.4 Å². The van der Waals surface area contributed by atoms with Crippen LogP contribution >= 0.6 is 0 Å². The number of hydrogen-bond acceptors (Lipinski definition) is 5. The zero-order valence-corrected chi connectivity index (χ0v) is 12.5. The van der Waals surface area contributed by atoms with Crippen molar-refractivity contribution in [1.29, 1.82) is 0 Å². The first kappa shape index (κ1) is 14.5. The molecule has 4 atom stereocenters. The van der Waals surface area contributed by atoms with Crippen LogP contribution < -0.4 is 5.32 Å². The van der Waals surface area contributed by atoms with Crippen molar-refractivity contribution in [3.8, 4) is 0 Å². The van der Waals surface area contributed by atoms with E-state index in [0.29, 0.717) is 0 Å². The summed E-state index contributed by atoms with van der Waals surface area (Å²) in [5.41, 5.74) is -1.35. The van der Waals surface area contributed by atoms with Crippen molar-refractivity contribution in [3.05, 3.63) is 42.2 Å². The highest BCUT2D eigenvalue weighted by Crippen LogP contribution is 2.55. The highest BCUT2D eigenvalue weighted by Gasteiger charge is 2.66. The highest BCUT2D eigenvalue weighted by atomic mass is 32.2. The van der Waals surface area contributed by atoms with Crippen LogP contribution in [0.2, 0.25) is 0 Å². The first-order chi connectivity index (χ1) is 10.8. The Morgan fingerprint density at radius 2 is 1.87 bits per heavy atom. The first-order valence-electron chi connectivity index (χ1n) is 7.08. The van der Waals surface area contributed by atoms with E-state index in [1.54, 1.807) is 12.2 Å². The maximum absolute atomic E-state index is 13.0. The summed E-state index contributed by atoms with van der Waals surface area (Å²) in [5, 5.41) is 2.24. The lowest BCUT2D eigenvalue weighted by atomic mass is 9.83. The molecule has 6 nitrogen and oxygen atoms in total. The van der Waals surface area contributed by atoms with Crippen molar-refractivity contribution in [1.82, 2.24) is 5.32 Å². The Balaban J connectivity index is 1.71. The normalized spacial score (nSPS) is 34.7. The Kier molecular flexibility index (Phi) is 2.83. The van der Waals surface area contributed by atoms with Gasteiger partial charge in [0.15, 0.2) is 0 Å². The van der Waals surface area contributed by atoms with Crippen molar-refractivity contribution in [2.75, 3.05) is 0 Å². The van der Waals surface area contributed by atoms with Gasteiger partial charge in [-0.15, -0.1) is 0 Å². The molecular weight excluding hydrogens is 325 g/mol. The van der Waals surface area contributed by atoms with Gasteiger partial charge in [-0.05, 0) is 36.6 Å². The summed E-state index contributed by atoms with van der Waals surface area (Å²) >= 11 is 0. The molecule has 1 N–H and O–H groups in total. The third-order valence-electron chi connectivity index (χ3n) is 4.73. The predicted molar refractivity (Wildman–Crippen MR) is 74.8 cm³/mol. The van der Waals surface area contributed by atoms with Gasteiger partial charge >= 0.3 is 0 Å². The largest absolute Gasteiger partial charge is 0.297 e. The Labute approximate surface area is 131 Å². The van der Waals surface area contributed by atoms with Gasteiger partial charge in [-0.1, -0.05) is 12.2 Å². The molecule has 120 valence electrons. The number of benzene rings is 1. The van der Waals surface area contributed by atoms with Gasteiger partial charge < -0.3 is 0 Å². The Morgan fingerprint density at radius 3 is 2.57 bits per heavy atom. The lowest BCUT2D eigenvalue weighted by Crippen LogP contribution is -2.42. The molecule has 1 saturated carbocycles. The van der Waals surface area contributed by atoms with E-state index < -0.39 is 39.3 Å². The van der Waals surface area contributed by atoms with Gasteiger partial charge in [-0.3, -0.25) is 19.1 Å². The fraction of sp³-hybridized carbons (Fsp3) is 0.333. The van der Waals surface area contributed by atoms with Gasteiger partial charge in [0, 0.05) is 0 Å². The zero-order valence-electron chi connectivity index (χ0n) is 11.7. The minimum Gasteiger partial charge on any atom is -0.296 e. The van der Waals surface area contributed by atoms with Crippen LogP contribution in [0, 0.1) is 23.6 Å². The van der Waals surface area contributed by atoms with Gasteiger partial charge in [-0.2, -0.15) is 8.42 Å². The number of rotatable bonds is 3. The van der Waals surface area contributed by atoms with Crippen molar-refractivity contribution in [2.24, 2.45) is 17.8 Å². The van der Waals surface area contributed by atoms with Crippen molar-refractivity contribution in [2.45, 2.75) is 16.9 Å². The fourth-order valence-corrected chi connectivity index (χ4v) is 5.00. The molecule has 1 saturated heterocycles. The summed E-state index contributed by atoms with van der Waals surface area (Å²) in [6.45, 7) is 0. The number of allylic oxidation sites excluding steroid dienone is 1. The SMILES string of the molecule is O=C1NC(=O)C2C1C1C=CC2(OS(=O)(=O)c2ccc(F)cc2)C1. The summed E-state index contributed by atoms with van der Waals surface area (Å²) in [6, 6.07) is 4.24. The predicted octanol–water partition coefficient (Wildman–Crippen LogP) is 0.748. The van der Waals surface area contributed by atoms with Gasteiger partial charge in [0.25, 0.3) is 10.1 Å². The van der Waals surface area contributed by atoms with Crippen molar-refractivity contribution >= 4 is 21.9 Å². The van der Waals surface area contributed by atoms with Crippen LogP contribution in [-0.2, 0) is 23.9 Å². The average Bonchev–Trinajstić information content (AvgIpc) is 3.10. The summed E-state index contributed by atoms with van der Waals surface area (Å²) in [5.74, 6) is -3.11. The number of imide groups is 1. The van der Waals surface area contributed by atoms with Crippen LogP contribution in [0.15, 0.2) is 41.3 Å². The summed E-state index contributed by atoms with van der Waals surface area (Å²) in [7, 11) is -4.19. The number of carbonyl (C=O) groups is 2. The maximum Gasteiger partial charge on any atom is 0.297 e. The molecule has 0 spiro atoms. The minimum atomic E-state index is -4.19. The molecule has 3 aliphatic rings. The smallest absolute Gasteiger partial charge is 0.296 e. The molecule has 23 heavy (non-hydrogen) atoms. The number of halogens is 1. The van der Waals surface area contributed by atoms with Gasteiger partial charge in [0.2, 0.25) is 11.8 Å². The molecule has 2 bridgehead atoms. The van der Waals surface area contributed by atoms with Crippen LogP contribution in [0.5, 0.6) is 0 Å². The Bertz CT molecular complexity index is 847. The molecule has 1 aromatic rings. The first-order valence-corrected chi connectivity index (χ1v) is 8.48. The summed E-state index contributed by atoms with van der Waals surface area (Å²) in [6.07, 6.45) is 3.54. The molecule has 4 unspecified atom stereocenters. The van der Waals surface area contributed by atoms with Gasteiger partial charge in [0.05, 0.1) is 16.7 Å². The highest BCUT2D eigenvalue weighted by molar-refractivity contribution is 7.86. The number of fused-ring (bicyclic) bond motifs is 5. The molecule has 2 amide bonds. The second kappa shape index (κ2) is 4.48. The number of amides is 2. The summed E-state index contributed by atoms with van der Waals surface area (Å²) < 4.78 is 43.3. The van der Waals surface area contributed by atoms with E-state index in [0.717, 1.165) is 24.3 Å². The van der Waals surface area contributed by atoms with Crippen molar-refractivity contribution < 1.29 is 26.6 Å². The van der Waals surface area contributed by atoms with Crippen LogP contribution in [0.25, 0.3) is 0 Å². The molecule has 0 aromatic heterocycles. The molecule has 0 radical (unpaired) electrons. The zero-order chi connectivity index (χ0) is 16.4. The fourth-order valence-electron chi connectivity index (χ4n) is 3.80. The molecule has 1 heterocycles. The quantitative estimate of drug-likeness (QED) is 0.499. The van der Waals surface area contributed by atoms with E-state index in [4.69, 9.17) is 4.18 Å². The molecular formula is C15H12FNO5S. The Morgan fingerprint density at radius 1 is 1.17 bits per heavy atom. The van der Waals surface area contributed by atoms with Crippen LogP contribution in [0.3, 0.4) is 0 Å². The lowest BCUT2D eigenvalue weighted by Gasteiger charge is -2.29. The van der Waals surface area contributed by atoms with Crippen LogP contribution in [0.4, 0.5) is 4.39 Å². The second-order valence-electron chi connectivity index (χ2n) is 6.03. The van der Waals surface area contributed by atoms with Crippen LogP contribution in [-0.4, -0.2) is 25.8 Å². The number of carbonyl (C=O) groups excluding carboxylic acids is 2. The average molecular weight is 337 g/mol. The summed E-state index contributed by atoms with van der Waals surface area (Å²) in [4.78, 5) is 23.7. The molecule has 4 rings (SSSR count). The van der Waals surface area contributed by atoms with Crippen molar-refractivity contribution in [3.63, 3.8) is 0 Å². The minimum absolute atomic E-state index is 0.196. The van der Waals surface area contributed by atoms with E-state index in [1.165, 1.54) is 0 Å². The topological polar surface area (TPSA) is 89.5 Å². The van der Waals surface area contributed by atoms with E-state index >= 15 is 0 Å². The molecule has 2 aliphatic carbocycles. The lowest BCUT2D eigenvalue weighted by molar-refractivity contribution is -0.128. The second-order valence-corrected chi connectivity index (χ2v) is 7.58. The van der Waals surface area contributed by atoms with E-state index in [9.17, 15) is 22.4 Å². The van der Waals surface area contributed by atoms with E-state index in [2.05, 4.69) is 5.32 Å². The maximum atomic E-state index is 13.0. The molecule has 1 aromatic carbocycles. The number of hydrogen-bond donors (Lipinski definition) is 1. The molecule has 2 fully saturated rings. The molecule has 1 aliphatic heterocycles.